The average Bonchev–Trinajstić information content (AvgIpc) is 3.27. The lowest BCUT2D eigenvalue weighted by Gasteiger charge is -2.17. The molecule has 0 radical (unpaired) electrons. The number of nitro benzene ring substituents is 1. The van der Waals surface area contributed by atoms with Crippen LogP contribution >= 0.6 is 51.0 Å². The number of carbonyl (C=O) groups excluding carboxylic acids is 1. The van der Waals surface area contributed by atoms with Crippen LogP contribution in [-0.4, -0.2) is 32.9 Å². The number of amidine groups is 1. The van der Waals surface area contributed by atoms with E-state index in [0.29, 0.717) is 14.7 Å². The van der Waals surface area contributed by atoms with Gasteiger partial charge in [0.25, 0.3) is 5.69 Å². The van der Waals surface area contributed by atoms with Crippen molar-refractivity contribution >= 4 is 79.4 Å². The zero-order valence-electron chi connectivity index (χ0n) is 20.3. The Morgan fingerprint density at radius 3 is 2.35 bits per heavy atom. The van der Waals surface area contributed by atoms with E-state index in [-0.39, 0.29) is 11.5 Å². The molecule has 0 aliphatic rings. The SMILES string of the molecule is CSc1sc(/C(N)=N/C(=O)OC(C)(C)C)cc1S(=O)c1cccc(Br)c1.NSc1ccc([N+](=O)[O-])cc1. The first-order chi connectivity index (χ1) is 17.3. The molecule has 0 saturated carbocycles. The Labute approximate surface area is 238 Å². The molecule has 0 aliphatic heterocycles. The van der Waals surface area contributed by atoms with Crippen molar-refractivity contribution in [2.75, 3.05) is 6.26 Å². The number of carbonyl (C=O) groups is 1. The van der Waals surface area contributed by atoms with E-state index < -0.39 is 27.4 Å². The van der Waals surface area contributed by atoms with Gasteiger partial charge in [0, 0.05) is 26.4 Å². The molecule has 14 heteroatoms. The molecular formula is C23H25BrN4O5S4. The van der Waals surface area contributed by atoms with Gasteiger partial charge < -0.3 is 10.5 Å². The Bertz CT molecular complexity index is 1310. The average molecular weight is 646 g/mol. The highest BCUT2D eigenvalue weighted by molar-refractivity contribution is 9.10. The third-order valence-corrected chi connectivity index (χ3v) is 9.10. The van der Waals surface area contributed by atoms with Crippen LogP contribution in [0.15, 0.2) is 83.0 Å². The maximum absolute atomic E-state index is 12.9. The fraction of sp³-hybridized carbons (Fsp3) is 0.217. The Hall–Kier alpha value is -2.23. The monoisotopic (exact) mass is 644 g/mol. The number of benzene rings is 2. The molecular weight excluding hydrogens is 620 g/mol. The second kappa shape index (κ2) is 14.1. The molecule has 2 aromatic carbocycles. The van der Waals surface area contributed by atoms with Crippen LogP contribution in [0.1, 0.15) is 25.6 Å². The minimum Gasteiger partial charge on any atom is -0.442 e. The summed E-state index contributed by atoms with van der Waals surface area (Å²) in [6.07, 6.45) is 1.15. The van der Waals surface area contributed by atoms with E-state index in [9.17, 15) is 19.1 Å². The predicted octanol–water partition coefficient (Wildman–Crippen LogP) is 6.60. The number of rotatable bonds is 6. The van der Waals surface area contributed by atoms with Gasteiger partial charge in [0.2, 0.25) is 0 Å². The fourth-order valence-electron chi connectivity index (χ4n) is 2.55. The van der Waals surface area contributed by atoms with Crippen LogP contribution in [0.2, 0.25) is 0 Å². The lowest BCUT2D eigenvalue weighted by molar-refractivity contribution is -0.384. The van der Waals surface area contributed by atoms with Crippen molar-refractivity contribution in [1.29, 1.82) is 0 Å². The molecule has 1 unspecified atom stereocenters. The number of halogens is 1. The summed E-state index contributed by atoms with van der Waals surface area (Å²) >= 11 is 7.28. The summed E-state index contributed by atoms with van der Waals surface area (Å²) in [4.78, 5) is 28.1. The third kappa shape index (κ3) is 9.87. The second-order valence-corrected chi connectivity index (χ2v) is 13.2. The highest BCUT2D eigenvalue weighted by atomic mass is 79.9. The standard InChI is InChI=1S/C17H19BrN2O3S3.C6H6N2O2S/c1-17(2,3)23-16(21)20-14(19)12-9-13(15(24-4)25-12)26(22)11-7-5-6-10(18)8-11;7-11-6-3-1-5(2-4-6)8(9)10/h5-9H,1-4H3,(H2,19,20,21);1-4H,7H2. The van der Waals surface area contributed by atoms with Crippen molar-refractivity contribution in [2.24, 2.45) is 15.9 Å². The number of nitro groups is 1. The molecule has 0 aliphatic carbocycles. The van der Waals surface area contributed by atoms with Crippen LogP contribution in [-0.2, 0) is 15.5 Å². The van der Waals surface area contributed by atoms with Gasteiger partial charge in [0.1, 0.15) is 11.4 Å². The largest absolute Gasteiger partial charge is 0.442 e. The first-order valence-corrected chi connectivity index (χ1v) is 15.2. The zero-order chi connectivity index (χ0) is 27.8. The summed E-state index contributed by atoms with van der Waals surface area (Å²) in [5, 5.41) is 15.4. The smallest absolute Gasteiger partial charge is 0.436 e. The number of nitrogens with zero attached hydrogens (tertiary/aromatic N) is 2. The van der Waals surface area contributed by atoms with Gasteiger partial charge in [-0.15, -0.1) is 23.1 Å². The molecule has 1 aromatic heterocycles. The first-order valence-electron chi connectivity index (χ1n) is 10.4. The van der Waals surface area contributed by atoms with E-state index in [1.807, 2.05) is 24.5 Å². The summed E-state index contributed by atoms with van der Waals surface area (Å²) in [6, 6.07) is 15.1. The van der Waals surface area contributed by atoms with Crippen LogP contribution in [0, 0.1) is 10.1 Å². The van der Waals surface area contributed by atoms with Crippen LogP contribution in [0.25, 0.3) is 0 Å². The van der Waals surface area contributed by atoms with Crippen molar-refractivity contribution in [3.8, 4) is 0 Å². The number of amides is 1. The Morgan fingerprint density at radius 2 is 1.84 bits per heavy atom. The number of ether oxygens (including phenoxy) is 1. The minimum atomic E-state index is -1.36. The molecule has 0 saturated heterocycles. The molecule has 3 rings (SSSR count). The minimum absolute atomic E-state index is 0.0528. The van der Waals surface area contributed by atoms with E-state index in [2.05, 4.69) is 20.9 Å². The van der Waals surface area contributed by atoms with E-state index in [1.165, 1.54) is 35.2 Å². The topological polar surface area (TPSA) is 151 Å². The van der Waals surface area contributed by atoms with Gasteiger partial charge in [-0.3, -0.25) is 15.3 Å². The van der Waals surface area contributed by atoms with Crippen molar-refractivity contribution in [3.05, 3.63) is 74.1 Å². The summed E-state index contributed by atoms with van der Waals surface area (Å²) in [5.41, 5.74) is 5.40. The van der Waals surface area contributed by atoms with E-state index in [1.54, 1.807) is 45.0 Å². The number of non-ortho nitro benzene ring substituents is 1. The highest BCUT2D eigenvalue weighted by Crippen LogP contribution is 2.35. The number of hydrogen-bond donors (Lipinski definition) is 2. The van der Waals surface area contributed by atoms with Crippen molar-refractivity contribution in [3.63, 3.8) is 0 Å². The molecule has 37 heavy (non-hydrogen) atoms. The van der Waals surface area contributed by atoms with Crippen LogP contribution in [0.3, 0.4) is 0 Å². The Balaban J connectivity index is 0.000000364. The third-order valence-electron chi connectivity index (χ3n) is 4.10. The number of hydrogen-bond acceptors (Lipinski definition) is 9. The predicted molar refractivity (Wildman–Crippen MR) is 155 cm³/mol. The van der Waals surface area contributed by atoms with Crippen LogP contribution in [0.4, 0.5) is 10.5 Å². The molecule has 1 atom stereocenters. The molecule has 198 valence electrons. The lowest BCUT2D eigenvalue weighted by Crippen LogP contribution is -2.24. The quantitative estimate of drug-likeness (QED) is 0.0755. The summed E-state index contributed by atoms with van der Waals surface area (Å²) < 4.78 is 19.8. The van der Waals surface area contributed by atoms with Gasteiger partial charge in [-0.05, 0) is 75.4 Å². The van der Waals surface area contributed by atoms with Crippen LogP contribution < -0.4 is 10.9 Å². The fourth-order valence-corrected chi connectivity index (χ4v) is 6.91. The number of aliphatic imine (C=N–C) groups is 1. The number of thioether (sulfide) groups is 1. The zero-order valence-corrected chi connectivity index (χ0v) is 25.1. The number of thiophene rings is 1. The summed E-state index contributed by atoms with van der Waals surface area (Å²) in [6.45, 7) is 5.27. The van der Waals surface area contributed by atoms with Crippen molar-refractivity contribution in [1.82, 2.24) is 0 Å². The molecule has 0 spiro atoms. The van der Waals surface area contributed by atoms with E-state index in [4.69, 9.17) is 15.6 Å². The van der Waals surface area contributed by atoms with Gasteiger partial charge in [-0.2, -0.15) is 4.99 Å². The normalized spacial score (nSPS) is 12.3. The van der Waals surface area contributed by atoms with E-state index >= 15 is 0 Å². The summed E-state index contributed by atoms with van der Waals surface area (Å²) in [5.74, 6) is 0.0528. The second-order valence-electron chi connectivity index (χ2n) is 8.04. The highest BCUT2D eigenvalue weighted by Gasteiger charge is 2.20. The van der Waals surface area contributed by atoms with Gasteiger partial charge in [0.15, 0.2) is 0 Å². The number of nitrogens with two attached hydrogens (primary N) is 2. The molecule has 4 N–H and O–H groups in total. The van der Waals surface area contributed by atoms with Gasteiger partial charge >= 0.3 is 6.09 Å². The van der Waals surface area contributed by atoms with E-state index in [0.717, 1.165) is 25.5 Å². The molecule has 0 bridgehead atoms. The van der Waals surface area contributed by atoms with Gasteiger partial charge in [-0.25, -0.2) is 9.00 Å². The van der Waals surface area contributed by atoms with Gasteiger partial charge in [-0.1, -0.05) is 22.0 Å². The molecule has 1 heterocycles. The van der Waals surface area contributed by atoms with Crippen LogP contribution in [0.5, 0.6) is 0 Å². The Kier molecular flexibility index (Phi) is 11.8. The molecule has 0 fully saturated rings. The Morgan fingerprint density at radius 1 is 1.19 bits per heavy atom. The molecule has 3 aromatic rings. The summed E-state index contributed by atoms with van der Waals surface area (Å²) in [7, 11) is -1.36. The maximum atomic E-state index is 12.9. The first kappa shape index (κ1) is 31.0. The van der Waals surface area contributed by atoms with Gasteiger partial charge in [0.05, 0.1) is 29.7 Å². The molecule has 9 nitrogen and oxygen atoms in total. The van der Waals surface area contributed by atoms with Crippen molar-refractivity contribution in [2.45, 2.75) is 45.3 Å². The van der Waals surface area contributed by atoms with Crippen molar-refractivity contribution < 1.29 is 18.7 Å². The maximum Gasteiger partial charge on any atom is 0.436 e. The lowest BCUT2D eigenvalue weighted by atomic mass is 10.2. The molecule has 1 amide bonds.